The average Bonchev–Trinajstić information content (AvgIpc) is 3.16. The van der Waals surface area contributed by atoms with E-state index in [9.17, 15) is 39.0 Å². The molecule has 3 saturated carbocycles. The van der Waals surface area contributed by atoms with E-state index in [-0.39, 0.29) is 72.8 Å². The minimum Gasteiger partial charge on any atom is -0.480 e. The van der Waals surface area contributed by atoms with Crippen molar-refractivity contribution in [2.45, 2.75) is 104 Å². The van der Waals surface area contributed by atoms with Crippen LogP contribution in [0.5, 0.6) is 0 Å². The van der Waals surface area contributed by atoms with Crippen LogP contribution in [0.15, 0.2) is 11.6 Å². The van der Waals surface area contributed by atoms with Gasteiger partial charge < -0.3 is 20.3 Å². The maximum atomic E-state index is 13.7. The number of rotatable bonds is 10. The van der Waals surface area contributed by atoms with Crippen LogP contribution in [0.3, 0.4) is 0 Å². The third-order valence-electron chi connectivity index (χ3n) is 10.5. The second-order valence-electron chi connectivity index (χ2n) is 13.5. The van der Waals surface area contributed by atoms with Crippen LogP contribution in [-0.4, -0.2) is 63.7 Å². The summed E-state index contributed by atoms with van der Waals surface area (Å²) in [5, 5.41) is 23.4. The van der Waals surface area contributed by atoms with Gasteiger partial charge in [0.25, 0.3) is 0 Å². The summed E-state index contributed by atoms with van der Waals surface area (Å²) in [5.74, 6) is -3.34. The summed E-state index contributed by atoms with van der Waals surface area (Å²) in [6, 6.07) is -1.06. The zero-order valence-electron chi connectivity index (χ0n) is 24.5. The van der Waals surface area contributed by atoms with Crippen LogP contribution in [0.4, 0.5) is 0 Å². The summed E-state index contributed by atoms with van der Waals surface area (Å²) in [7, 11) is 0. The molecule has 4 aliphatic rings. The number of carboxylic acids is 1. The SMILES string of the molecule is CC(C)C[C@H](NC(=O)CCC(=O)OCC(=O)[C@@]1(O)CC[C@@H]2[C@@H]3CCC4=CC(=O)CC[C@]4(C)[C@@H]3C(=O)C[C@@]21C)C(=O)O. The molecule has 10 nitrogen and oxygen atoms in total. The number of Topliss-reactive ketones (excluding diaryl/α,β-unsaturated/α-hetero) is 2. The van der Waals surface area contributed by atoms with E-state index in [0.717, 1.165) is 18.4 Å². The molecule has 0 saturated heterocycles. The fraction of sp³-hybridized carbons (Fsp3) is 0.742. The Morgan fingerprint density at radius 3 is 2.44 bits per heavy atom. The number of esters is 1. The van der Waals surface area contributed by atoms with Gasteiger partial charge in [0.2, 0.25) is 11.7 Å². The zero-order valence-corrected chi connectivity index (χ0v) is 24.5. The molecule has 0 bridgehead atoms. The number of nitrogens with one attached hydrogen (secondary N) is 1. The highest BCUT2D eigenvalue weighted by molar-refractivity contribution is 5.95. The van der Waals surface area contributed by atoms with Gasteiger partial charge in [0, 0.05) is 30.6 Å². The third kappa shape index (κ3) is 5.64. The van der Waals surface area contributed by atoms with Gasteiger partial charge in [-0.05, 0) is 67.8 Å². The minimum absolute atomic E-state index is 0.00446. The molecule has 0 spiro atoms. The number of fused-ring (bicyclic) bond motifs is 5. The molecule has 0 aromatic heterocycles. The summed E-state index contributed by atoms with van der Waals surface area (Å²) in [4.78, 5) is 75.0. The highest BCUT2D eigenvalue weighted by Gasteiger charge is 2.68. The number of amides is 1. The van der Waals surface area contributed by atoms with Gasteiger partial charge in [-0.15, -0.1) is 0 Å². The lowest BCUT2D eigenvalue weighted by Gasteiger charge is -2.57. The van der Waals surface area contributed by atoms with Crippen LogP contribution in [0, 0.1) is 34.5 Å². The lowest BCUT2D eigenvalue weighted by atomic mass is 9.46. The molecule has 4 rings (SSSR count). The molecule has 0 aliphatic heterocycles. The van der Waals surface area contributed by atoms with Gasteiger partial charge in [0.05, 0.1) is 6.42 Å². The van der Waals surface area contributed by atoms with Crippen molar-refractivity contribution < 1.29 is 43.7 Å². The molecule has 0 radical (unpaired) electrons. The molecule has 0 heterocycles. The van der Waals surface area contributed by atoms with E-state index in [1.54, 1.807) is 13.0 Å². The number of carbonyl (C=O) groups excluding carboxylic acids is 5. The molecule has 0 aromatic carbocycles. The fourth-order valence-corrected chi connectivity index (χ4v) is 8.36. The Bertz CT molecular complexity index is 1170. The standard InChI is InChI=1S/C31H43NO9/c1-17(2)13-22(28(38)39)32-25(36)7-8-26(37)41-16-24(35)31(40)12-10-21-20-6-5-18-14-19(33)9-11-29(18,3)27(20)23(34)15-30(21,31)4/h14,17,20-22,27,40H,5-13,15-16H2,1-4H3,(H,32,36)(H,38,39)/t20-,21+,22-,27-,29-,30-,31-/m0/s1. The van der Waals surface area contributed by atoms with Crippen LogP contribution in [0.1, 0.15) is 91.9 Å². The number of aliphatic carboxylic acids is 1. The Morgan fingerprint density at radius 2 is 1.78 bits per heavy atom. The summed E-state index contributed by atoms with van der Waals surface area (Å²) >= 11 is 0. The predicted octanol–water partition coefficient (Wildman–Crippen LogP) is 2.94. The van der Waals surface area contributed by atoms with Crippen molar-refractivity contribution >= 4 is 35.2 Å². The zero-order chi connectivity index (χ0) is 30.3. The predicted molar refractivity (Wildman–Crippen MR) is 146 cm³/mol. The first-order valence-electron chi connectivity index (χ1n) is 14.8. The molecular formula is C31H43NO9. The van der Waals surface area contributed by atoms with Gasteiger partial charge in [-0.2, -0.15) is 0 Å². The van der Waals surface area contributed by atoms with Crippen molar-refractivity contribution in [1.82, 2.24) is 5.32 Å². The number of allylic oxidation sites excluding steroid dienone is 1. The van der Waals surface area contributed by atoms with E-state index >= 15 is 0 Å². The number of aliphatic hydroxyl groups is 1. The van der Waals surface area contributed by atoms with Crippen LogP contribution in [0.2, 0.25) is 0 Å². The molecule has 0 unspecified atom stereocenters. The molecule has 3 N–H and O–H groups in total. The van der Waals surface area contributed by atoms with Crippen molar-refractivity contribution in [3.8, 4) is 0 Å². The smallest absolute Gasteiger partial charge is 0.326 e. The monoisotopic (exact) mass is 573 g/mol. The number of carbonyl (C=O) groups is 6. The number of ether oxygens (including phenoxy) is 1. The number of ketones is 3. The molecule has 7 atom stereocenters. The first kappa shape index (κ1) is 31.1. The molecule has 3 fully saturated rings. The first-order chi connectivity index (χ1) is 19.1. The Balaban J connectivity index is 1.36. The second kappa shape index (κ2) is 11.4. The largest absolute Gasteiger partial charge is 0.480 e. The molecule has 10 heteroatoms. The lowest BCUT2D eigenvalue weighted by Crippen LogP contribution is -2.61. The number of carboxylic acid groups (broad SMARTS) is 1. The Labute approximate surface area is 240 Å². The normalized spacial score (nSPS) is 35.1. The number of hydrogen-bond acceptors (Lipinski definition) is 8. The highest BCUT2D eigenvalue weighted by atomic mass is 16.5. The molecule has 226 valence electrons. The van der Waals surface area contributed by atoms with Gasteiger partial charge in [0.1, 0.15) is 17.4 Å². The van der Waals surface area contributed by atoms with Crippen molar-refractivity contribution in [2.75, 3.05) is 6.61 Å². The minimum atomic E-state index is -1.82. The van der Waals surface area contributed by atoms with Crippen LogP contribution in [0.25, 0.3) is 0 Å². The summed E-state index contributed by atoms with van der Waals surface area (Å²) in [5.41, 5.74) is -2.13. The van der Waals surface area contributed by atoms with Gasteiger partial charge in [-0.3, -0.25) is 24.0 Å². The van der Waals surface area contributed by atoms with Crippen molar-refractivity contribution in [1.29, 1.82) is 0 Å². The van der Waals surface area contributed by atoms with Crippen LogP contribution < -0.4 is 5.32 Å². The lowest BCUT2D eigenvalue weighted by molar-refractivity contribution is -0.173. The van der Waals surface area contributed by atoms with E-state index in [0.29, 0.717) is 19.3 Å². The summed E-state index contributed by atoms with van der Waals surface area (Å²) in [6.45, 7) is 6.89. The van der Waals surface area contributed by atoms with E-state index in [4.69, 9.17) is 4.74 Å². The van der Waals surface area contributed by atoms with Crippen LogP contribution >= 0.6 is 0 Å². The first-order valence-corrected chi connectivity index (χ1v) is 14.8. The molecule has 4 aliphatic carbocycles. The van der Waals surface area contributed by atoms with E-state index in [1.807, 2.05) is 13.8 Å². The quantitative estimate of drug-likeness (QED) is 0.333. The van der Waals surface area contributed by atoms with E-state index in [1.165, 1.54) is 0 Å². The van der Waals surface area contributed by atoms with E-state index < -0.39 is 47.3 Å². The Kier molecular flexibility index (Phi) is 8.65. The highest BCUT2D eigenvalue weighted by Crippen LogP contribution is 2.66. The maximum absolute atomic E-state index is 13.7. The van der Waals surface area contributed by atoms with Crippen LogP contribution in [-0.2, 0) is 33.5 Å². The van der Waals surface area contributed by atoms with Gasteiger partial charge in [0.15, 0.2) is 12.4 Å². The van der Waals surface area contributed by atoms with Gasteiger partial charge in [-0.1, -0.05) is 33.3 Å². The molecule has 0 aromatic rings. The molecular weight excluding hydrogens is 530 g/mol. The van der Waals surface area contributed by atoms with E-state index in [2.05, 4.69) is 12.2 Å². The molecule has 1 amide bonds. The third-order valence-corrected chi connectivity index (χ3v) is 10.5. The van der Waals surface area contributed by atoms with Gasteiger partial charge in [-0.25, -0.2) is 4.79 Å². The summed E-state index contributed by atoms with van der Waals surface area (Å²) in [6.07, 6.45) is 4.66. The van der Waals surface area contributed by atoms with Crippen molar-refractivity contribution in [3.63, 3.8) is 0 Å². The van der Waals surface area contributed by atoms with Gasteiger partial charge >= 0.3 is 11.9 Å². The Hall–Kier alpha value is -2.88. The van der Waals surface area contributed by atoms with Crippen molar-refractivity contribution in [3.05, 3.63) is 11.6 Å². The van der Waals surface area contributed by atoms with Crippen molar-refractivity contribution in [2.24, 2.45) is 34.5 Å². The summed E-state index contributed by atoms with van der Waals surface area (Å²) < 4.78 is 5.13. The molecule has 41 heavy (non-hydrogen) atoms. The topological polar surface area (TPSA) is 164 Å². The number of hydrogen-bond donors (Lipinski definition) is 3. The fourth-order valence-electron chi connectivity index (χ4n) is 8.36. The average molecular weight is 574 g/mol. The Morgan fingerprint density at radius 1 is 1.07 bits per heavy atom. The second-order valence-corrected chi connectivity index (χ2v) is 13.5. The maximum Gasteiger partial charge on any atom is 0.326 e.